The van der Waals surface area contributed by atoms with Gasteiger partial charge in [-0.2, -0.15) is 0 Å². The Labute approximate surface area is 129 Å². The van der Waals surface area contributed by atoms with Crippen molar-refractivity contribution < 1.29 is 0 Å². The van der Waals surface area contributed by atoms with Crippen LogP contribution in [-0.2, 0) is 12.8 Å². The number of halogens is 2. The van der Waals surface area contributed by atoms with Crippen LogP contribution in [0.25, 0.3) is 0 Å². The number of aromatic nitrogens is 2. The molecule has 0 fully saturated rings. The Morgan fingerprint density at radius 2 is 2.10 bits per heavy atom. The van der Waals surface area contributed by atoms with Gasteiger partial charge in [0.25, 0.3) is 0 Å². The molecule has 0 bridgehead atoms. The Balaban J connectivity index is 2.04. The van der Waals surface area contributed by atoms with Gasteiger partial charge in [0.05, 0.1) is 10.0 Å². The van der Waals surface area contributed by atoms with E-state index in [-0.39, 0.29) is 0 Å². The Morgan fingerprint density at radius 1 is 1.25 bits per heavy atom. The molecule has 2 N–H and O–H groups in total. The number of H-pyrrole nitrogens is 1. The molecule has 3 nitrogen and oxygen atoms in total. The van der Waals surface area contributed by atoms with Gasteiger partial charge in [-0.05, 0) is 37.1 Å². The normalized spacial score (nSPS) is 12.6. The van der Waals surface area contributed by atoms with E-state index in [1.165, 1.54) is 5.56 Å². The highest BCUT2D eigenvalue weighted by molar-refractivity contribution is 6.42. The van der Waals surface area contributed by atoms with Crippen LogP contribution >= 0.6 is 23.2 Å². The van der Waals surface area contributed by atoms with Crippen LogP contribution < -0.4 is 5.32 Å². The molecule has 0 spiro atoms. The van der Waals surface area contributed by atoms with E-state index in [0.717, 1.165) is 31.6 Å². The molecule has 0 amide bonds. The summed E-state index contributed by atoms with van der Waals surface area (Å²) in [5, 5.41) is 4.76. The fourth-order valence-electron chi connectivity index (χ4n) is 2.16. The van der Waals surface area contributed by atoms with E-state index in [9.17, 15) is 0 Å². The van der Waals surface area contributed by atoms with Crippen LogP contribution in [0.5, 0.6) is 0 Å². The van der Waals surface area contributed by atoms with Crippen LogP contribution in [0.2, 0.25) is 10.0 Å². The number of hydrogen-bond donors (Lipinski definition) is 2. The standard InChI is InChI=1S/C15H19Cl2N3/c1-2-5-18-12(10-15-19-6-7-20-15)8-11-3-4-13(16)14(17)9-11/h3-4,6-7,9,12,18H,2,5,8,10H2,1H3,(H,19,20). The third-order valence-electron chi connectivity index (χ3n) is 3.14. The average Bonchev–Trinajstić information content (AvgIpc) is 2.93. The molecule has 0 saturated carbocycles. The van der Waals surface area contributed by atoms with Crippen molar-refractivity contribution in [3.63, 3.8) is 0 Å². The maximum Gasteiger partial charge on any atom is 0.107 e. The fourth-order valence-corrected chi connectivity index (χ4v) is 2.48. The molecule has 5 heteroatoms. The van der Waals surface area contributed by atoms with E-state index < -0.39 is 0 Å². The van der Waals surface area contributed by atoms with Crippen molar-refractivity contribution >= 4 is 23.2 Å². The molecular weight excluding hydrogens is 293 g/mol. The Hall–Kier alpha value is -1.03. The van der Waals surface area contributed by atoms with Gasteiger partial charge in [0.2, 0.25) is 0 Å². The lowest BCUT2D eigenvalue weighted by Gasteiger charge is -2.18. The summed E-state index contributed by atoms with van der Waals surface area (Å²) < 4.78 is 0. The predicted octanol–water partition coefficient (Wildman–Crippen LogP) is 3.87. The first-order valence-corrected chi connectivity index (χ1v) is 7.60. The summed E-state index contributed by atoms with van der Waals surface area (Å²) in [6.45, 7) is 3.16. The summed E-state index contributed by atoms with van der Waals surface area (Å²) in [6, 6.07) is 6.14. The monoisotopic (exact) mass is 311 g/mol. The number of rotatable bonds is 7. The molecule has 108 valence electrons. The average molecular weight is 312 g/mol. The first-order chi connectivity index (χ1) is 9.69. The van der Waals surface area contributed by atoms with E-state index in [0.29, 0.717) is 16.1 Å². The van der Waals surface area contributed by atoms with Crippen molar-refractivity contribution in [3.05, 3.63) is 52.0 Å². The molecule has 0 saturated heterocycles. The Morgan fingerprint density at radius 3 is 2.75 bits per heavy atom. The zero-order valence-corrected chi connectivity index (χ0v) is 13.0. The maximum absolute atomic E-state index is 6.07. The van der Waals surface area contributed by atoms with Crippen LogP contribution in [0.3, 0.4) is 0 Å². The van der Waals surface area contributed by atoms with Gasteiger partial charge in [-0.25, -0.2) is 4.98 Å². The molecule has 20 heavy (non-hydrogen) atoms. The summed E-state index contributed by atoms with van der Waals surface area (Å²) in [5.41, 5.74) is 1.18. The minimum absolute atomic E-state index is 0.332. The van der Waals surface area contributed by atoms with Crippen molar-refractivity contribution in [3.8, 4) is 0 Å². The second-order valence-corrected chi connectivity index (χ2v) is 5.66. The van der Waals surface area contributed by atoms with Crippen molar-refractivity contribution in [2.24, 2.45) is 0 Å². The SMILES string of the molecule is CCCNC(Cc1ccc(Cl)c(Cl)c1)Cc1ncc[nH]1. The van der Waals surface area contributed by atoms with E-state index in [1.807, 2.05) is 24.4 Å². The van der Waals surface area contributed by atoms with E-state index in [4.69, 9.17) is 23.2 Å². The van der Waals surface area contributed by atoms with Crippen LogP contribution in [0.15, 0.2) is 30.6 Å². The smallest absolute Gasteiger partial charge is 0.107 e. The molecule has 0 aliphatic heterocycles. The zero-order valence-electron chi connectivity index (χ0n) is 11.5. The fraction of sp³-hybridized carbons (Fsp3) is 0.400. The third-order valence-corrected chi connectivity index (χ3v) is 3.88. The molecule has 0 radical (unpaired) electrons. The summed E-state index contributed by atoms with van der Waals surface area (Å²) >= 11 is 12.0. The summed E-state index contributed by atoms with van der Waals surface area (Å²) in [5.74, 6) is 0.999. The van der Waals surface area contributed by atoms with Gasteiger partial charge < -0.3 is 10.3 Å². The molecule has 0 aliphatic carbocycles. The number of imidazole rings is 1. The van der Waals surface area contributed by atoms with E-state index >= 15 is 0 Å². The van der Waals surface area contributed by atoms with Gasteiger partial charge in [-0.3, -0.25) is 0 Å². The van der Waals surface area contributed by atoms with Gasteiger partial charge in [-0.15, -0.1) is 0 Å². The minimum Gasteiger partial charge on any atom is -0.349 e. The molecule has 1 aromatic heterocycles. The number of nitrogens with zero attached hydrogens (tertiary/aromatic N) is 1. The highest BCUT2D eigenvalue weighted by atomic mass is 35.5. The molecule has 1 unspecified atom stereocenters. The molecule has 1 atom stereocenters. The minimum atomic E-state index is 0.332. The third kappa shape index (κ3) is 4.51. The van der Waals surface area contributed by atoms with Crippen molar-refractivity contribution in [1.29, 1.82) is 0 Å². The largest absolute Gasteiger partial charge is 0.349 e. The first kappa shape index (κ1) is 15.4. The molecular formula is C15H19Cl2N3. The number of nitrogens with one attached hydrogen (secondary N) is 2. The topological polar surface area (TPSA) is 40.7 Å². The first-order valence-electron chi connectivity index (χ1n) is 6.84. The quantitative estimate of drug-likeness (QED) is 0.815. The molecule has 2 rings (SSSR count). The van der Waals surface area contributed by atoms with E-state index in [1.54, 1.807) is 6.20 Å². The van der Waals surface area contributed by atoms with Gasteiger partial charge >= 0.3 is 0 Å². The van der Waals surface area contributed by atoms with Crippen molar-refractivity contribution in [1.82, 2.24) is 15.3 Å². The second-order valence-electron chi connectivity index (χ2n) is 4.84. The molecule has 0 aliphatic rings. The lowest BCUT2D eigenvalue weighted by Crippen LogP contribution is -2.34. The van der Waals surface area contributed by atoms with Gasteiger partial charge in [0, 0.05) is 24.9 Å². The Bertz CT molecular complexity index is 526. The highest BCUT2D eigenvalue weighted by Crippen LogP contribution is 2.23. The lowest BCUT2D eigenvalue weighted by atomic mass is 10.0. The zero-order chi connectivity index (χ0) is 14.4. The summed E-state index contributed by atoms with van der Waals surface area (Å²) in [7, 11) is 0. The number of aromatic amines is 1. The lowest BCUT2D eigenvalue weighted by molar-refractivity contribution is 0.497. The number of benzene rings is 1. The number of hydrogen-bond acceptors (Lipinski definition) is 2. The van der Waals surface area contributed by atoms with Crippen LogP contribution in [0, 0.1) is 0 Å². The van der Waals surface area contributed by atoms with Crippen LogP contribution in [-0.4, -0.2) is 22.6 Å². The van der Waals surface area contributed by atoms with Crippen molar-refractivity contribution in [2.45, 2.75) is 32.2 Å². The van der Waals surface area contributed by atoms with E-state index in [2.05, 4.69) is 22.2 Å². The maximum atomic E-state index is 6.07. The van der Waals surface area contributed by atoms with Crippen LogP contribution in [0.4, 0.5) is 0 Å². The summed E-state index contributed by atoms with van der Waals surface area (Å²) in [4.78, 5) is 7.45. The van der Waals surface area contributed by atoms with Gasteiger partial charge in [0.1, 0.15) is 5.82 Å². The molecule has 1 heterocycles. The summed E-state index contributed by atoms with van der Waals surface area (Å²) in [6.07, 6.45) is 6.51. The van der Waals surface area contributed by atoms with Gasteiger partial charge in [0.15, 0.2) is 0 Å². The second kappa shape index (κ2) is 7.67. The van der Waals surface area contributed by atoms with Gasteiger partial charge in [-0.1, -0.05) is 36.2 Å². The predicted molar refractivity (Wildman–Crippen MR) is 84.5 cm³/mol. The highest BCUT2D eigenvalue weighted by Gasteiger charge is 2.12. The Kier molecular flexibility index (Phi) is 5.89. The van der Waals surface area contributed by atoms with Crippen LogP contribution in [0.1, 0.15) is 24.7 Å². The molecule has 2 aromatic rings. The van der Waals surface area contributed by atoms with Crippen molar-refractivity contribution in [2.75, 3.05) is 6.54 Å². The molecule has 1 aromatic carbocycles.